The summed E-state index contributed by atoms with van der Waals surface area (Å²) in [4.78, 5) is 17.9. The van der Waals surface area contributed by atoms with Crippen LogP contribution in [0.5, 0.6) is 0 Å². The summed E-state index contributed by atoms with van der Waals surface area (Å²) in [5.41, 5.74) is 0.745. The van der Waals surface area contributed by atoms with Crippen LogP contribution in [0.2, 0.25) is 0 Å². The van der Waals surface area contributed by atoms with Crippen molar-refractivity contribution in [1.82, 2.24) is 4.57 Å². The van der Waals surface area contributed by atoms with Gasteiger partial charge in [0.15, 0.2) is 14.6 Å². The van der Waals surface area contributed by atoms with Crippen LogP contribution in [0.4, 0.5) is 0 Å². The molecular formula is C18H14N2O3S3. The number of sulfone groups is 1. The van der Waals surface area contributed by atoms with Crippen molar-refractivity contribution >= 4 is 54.7 Å². The Morgan fingerprint density at radius 1 is 1.38 bits per heavy atom. The summed E-state index contributed by atoms with van der Waals surface area (Å²) in [6, 6.07) is 8.59. The van der Waals surface area contributed by atoms with Crippen molar-refractivity contribution in [1.29, 1.82) is 0 Å². The average molecular weight is 403 g/mol. The predicted molar refractivity (Wildman–Crippen MR) is 106 cm³/mol. The normalized spacial score (nSPS) is 12.7. The summed E-state index contributed by atoms with van der Waals surface area (Å²) < 4.78 is 25.9. The van der Waals surface area contributed by atoms with E-state index in [2.05, 4.69) is 10.9 Å². The summed E-state index contributed by atoms with van der Waals surface area (Å²) in [7, 11) is -3.32. The van der Waals surface area contributed by atoms with Gasteiger partial charge in [-0.15, -0.1) is 17.8 Å². The number of rotatable bonds is 4. The van der Waals surface area contributed by atoms with Gasteiger partial charge in [-0.05, 0) is 35.7 Å². The molecule has 0 spiro atoms. The molecule has 2 heterocycles. The Bertz CT molecular complexity index is 1200. The fourth-order valence-electron chi connectivity index (χ4n) is 2.28. The first-order chi connectivity index (χ1) is 12.4. The minimum Gasteiger partial charge on any atom is -0.305 e. The van der Waals surface area contributed by atoms with Crippen LogP contribution in [0, 0.1) is 12.3 Å². The molecule has 3 rings (SSSR count). The van der Waals surface area contributed by atoms with E-state index in [1.54, 1.807) is 22.8 Å². The van der Waals surface area contributed by atoms with Gasteiger partial charge in [-0.2, -0.15) is 4.99 Å². The molecule has 2 aromatic heterocycles. The molecule has 0 aliphatic rings. The number of hydrogen-bond donors (Lipinski definition) is 0. The van der Waals surface area contributed by atoms with E-state index < -0.39 is 15.7 Å². The summed E-state index contributed by atoms with van der Waals surface area (Å²) >= 11 is 2.75. The second-order valence-electron chi connectivity index (χ2n) is 5.38. The molecule has 8 heteroatoms. The number of terminal acetylenes is 1. The van der Waals surface area contributed by atoms with Crippen molar-refractivity contribution in [3.05, 3.63) is 51.5 Å². The minimum absolute atomic E-state index is 0.217. The molecule has 0 radical (unpaired) electrons. The van der Waals surface area contributed by atoms with Gasteiger partial charge in [0.25, 0.3) is 5.91 Å². The van der Waals surface area contributed by atoms with Crippen LogP contribution >= 0.6 is 22.7 Å². The van der Waals surface area contributed by atoms with E-state index >= 15 is 0 Å². The van der Waals surface area contributed by atoms with Crippen molar-refractivity contribution in [2.24, 2.45) is 4.99 Å². The summed E-state index contributed by atoms with van der Waals surface area (Å²) in [6.45, 7) is 0.235. The van der Waals surface area contributed by atoms with Crippen LogP contribution in [0.15, 0.2) is 51.7 Å². The molecule has 0 N–H and O–H groups in total. The van der Waals surface area contributed by atoms with E-state index in [0.29, 0.717) is 9.50 Å². The highest BCUT2D eigenvalue weighted by Crippen LogP contribution is 2.22. The number of hydrogen-bond acceptors (Lipinski definition) is 5. The smallest absolute Gasteiger partial charge is 0.272 e. The number of thiophene rings is 1. The highest BCUT2D eigenvalue weighted by molar-refractivity contribution is 7.90. The van der Waals surface area contributed by atoms with E-state index in [4.69, 9.17) is 6.42 Å². The molecule has 3 aromatic rings. The minimum atomic E-state index is -3.32. The molecule has 1 aromatic carbocycles. The number of aromatic nitrogens is 1. The first-order valence-corrected chi connectivity index (χ1v) is 11.0. The number of thiazole rings is 1. The molecule has 0 saturated carbocycles. The van der Waals surface area contributed by atoms with E-state index in [9.17, 15) is 13.2 Å². The van der Waals surface area contributed by atoms with Crippen LogP contribution in [0.25, 0.3) is 16.3 Å². The Morgan fingerprint density at radius 3 is 2.85 bits per heavy atom. The van der Waals surface area contributed by atoms with Crippen LogP contribution in [0.1, 0.15) is 4.88 Å². The number of benzene rings is 1. The second-order valence-corrected chi connectivity index (χ2v) is 9.38. The maximum atomic E-state index is 12.2. The lowest BCUT2D eigenvalue weighted by molar-refractivity contribution is -0.113. The average Bonchev–Trinajstić information content (AvgIpc) is 3.20. The van der Waals surface area contributed by atoms with Crippen molar-refractivity contribution < 1.29 is 13.2 Å². The molecule has 26 heavy (non-hydrogen) atoms. The number of amides is 1. The third-order valence-electron chi connectivity index (χ3n) is 3.47. The van der Waals surface area contributed by atoms with Gasteiger partial charge in [-0.1, -0.05) is 23.3 Å². The van der Waals surface area contributed by atoms with E-state index in [-0.39, 0.29) is 11.4 Å². The van der Waals surface area contributed by atoms with Crippen molar-refractivity contribution in [2.75, 3.05) is 6.26 Å². The molecule has 0 fully saturated rings. The lowest BCUT2D eigenvalue weighted by Crippen LogP contribution is -2.15. The van der Waals surface area contributed by atoms with Gasteiger partial charge in [0, 0.05) is 17.2 Å². The molecule has 0 saturated heterocycles. The lowest BCUT2D eigenvalue weighted by atomic mass is 10.3. The molecule has 0 aliphatic heterocycles. The standard InChI is InChI=1S/C18H14N2O3S3/c1-3-10-20-15-8-7-14(26(2,22)23)12-16(15)25-18(20)19-17(21)9-6-13-5-4-11-24-13/h1,4-9,11-12H,10H2,2H3. The van der Waals surface area contributed by atoms with Gasteiger partial charge in [0.05, 0.1) is 21.7 Å². The molecule has 0 aliphatic carbocycles. The van der Waals surface area contributed by atoms with Crippen molar-refractivity contribution in [3.8, 4) is 12.3 Å². The van der Waals surface area contributed by atoms with Gasteiger partial charge in [0.1, 0.15) is 0 Å². The van der Waals surface area contributed by atoms with Gasteiger partial charge in [0.2, 0.25) is 0 Å². The Labute approximate surface area is 158 Å². The number of carbonyl (C=O) groups excluding carboxylic acids is 1. The fraction of sp³-hybridized carbons (Fsp3) is 0.111. The second kappa shape index (κ2) is 7.41. The van der Waals surface area contributed by atoms with E-state index in [1.165, 1.54) is 34.8 Å². The largest absolute Gasteiger partial charge is 0.305 e. The van der Waals surface area contributed by atoms with E-state index in [0.717, 1.165) is 16.6 Å². The SMILES string of the molecule is C#CCn1c(=NC(=O)C=Cc2cccs2)sc2cc(S(C)(=O)=O)ccc21. The van der Waals surface area contributed by atoms with Gasteiger partial charge in [-0.25, -0.2) is 8.42 Å². The quantitative estimate of drug-likeness (QED) is 0.498. The number of carbonyl (C=O) groups is 1. The van der Waals surface area contributed by atoms with Crippen molar-refractivity contribution in [2.45, 2.75) is 11.4 Å². The highest BCUT2D eigenvalue weighted by Gasteiger charge is 2.12. The zero-order chi connectivity index (χ0) is 18.7. The van der Waals surface area contributed by atoms with Gasteiger partial charge in [-0.3, -0.25) is 4.79 Å². The maximum Gasteiger partial charge on any atom is 0.272 e. The summed E-state index contributed by atoms with van der Waals surface area (Å²) in [6.07, 6.45) is 9.69. The van der Waals surface area contributed by atoms with Crippen LogP contribution in [0.3, 0.4) is 0 Å². The Hall–Kier alpha value is -2.47. The topological polar surface area (TPSA) is 68.5 Å². The maximum absolute atomic E-state index is 12.2. The van der Waals surface area contributed by atoms with Gasteiger partial charge < -0.3 is 4.57 Å². The third-order valence-corrected chi connectivity index (χ3v) is 6.46. The molecule has 0 atom stereocenters. The van der Waals surface area contributed by atoms with Crippen LogP contribution < -0.4 is 4.80 Å². The van der Waals surface area contributed by atoms with E-state index in [1.807, 2.05) is 17.5 Å². The third kappa shape index (κ3) is 4.02. The zero-order valence-corrected chi connectivity index (χ0v) is 16.2. The molecule has 1 amide bonds. The van der Waals surface area contributed by atoms with Crippen LogP contribution in [-0.4, -0.2) is 25.1 Å². The predicted octanol–water partition coefficient (Wildman–Crippen LogP) is 2.94. The summed E-state index contributed by atoms with van der Waals surface area (Å²) in [5.74, 6) is 2.14. The Kier molecular flexibility index (Phi) is 5.23. The van der Waals surface area contributed by atoms with Crippen molar-refractivity contribution in [3.63, 3.8) is 0 Å². The first kappa shape index (κ1) is 18.3. The molecule has 0 bridgehead atoms. The van der Waals surface area contributed by atoms with Crippen LogP contribution in [-0.2, 0) is 21.2 Å². The summed E-state index contributed by atoms with van der Waals surface area (Å²) in [5, 5.41) is 1.92. The molecular weight excluding hydrogens is 388 g/mol. The zero-order valence-electron chi connectivity index (χ0n) is 13.7. The fourth-order valence-corrected chi connectivity index (χ4v) is 4.70. The monoisotopic (exact) mass is 402 g/mol. The molecule has 0 unspecified atom stereocenters. The Balaban J connectivity index is 2.07. The number of fused-ring (bicyclic) bond motifs is 1. The Morgan fingerprint density at radius 2 is 2.19 bits per heavy atom. The lowest BCUT2D eigenvalue weighted by Gasteiger charge is -2.01. The molecule has 5 nitrogen and oxygen atoms in total. The molecule has 132 valence electrons. The van der Waals surface area contributed by atoms with Gasteiger partial charge >= 0.3 is 0 Å². The highest BCUT2D eigenvalue weighted by atomic mass is 32.2. The first-order valence-electron chi connectivity index (χ1n) is 7.45. The number of nitrogens with zero attached hydrogens (tertiary/aromatic N) is 2.